The molecule has 0 amide bonds. The third-order valence-corrected chi connectivity index (χ3v) is 4.36. The van der Waals surface area contributed by atoms with Crippen molar-refractivity contribution in [3.8, 4) is 0 Å². The van der Waals surface area contributed by atoms with E-state index in [1.54, 1.807) is 0 Å². The largest absolute Gasteiger partial charge is 0.425 e. The zero-order valence-electron chi connectivity index (χ0n) is 12.4. The number of hydrogen-bond donors (Lipinski definition) is 2. The lowest BCUT2D eigenvalue weighted by Gasteiger charge is -2.47. The summed E-state index contributed by atoms with van der Waals surface area (Å²) in [4.78, 5) is 0. The van der Waals surface area contributed by atoms with Crippen LogP contribution in [0.25, 0.3) is 0 Å². The third kappa shape index (κ3) is 3.71. The number of alkyl halides is 12. The van der Waals surface area contributed by atoms with Crippen LogP contribution in [0.5, 0.6) is 0 Å². The fraction of sp³-hybridized carbons (Fsp3) is 1.00. The molecule has 2 atom stereocenters. The summed E-state index contributed by atoms with van der Waals surface area (Å²) in [7, 11) is 0. The first kappa shape index (κ1) is 23.1. The zero-order valence-corrected chi connectivity index (χ0v) is 12.4. The first-order chi connectivity index (χ1) is 11.2. The van der Waals surface area contributed by atoms with Gasteiger partial charge in [-0.25, -0.2) is 8.78 Å². The van der Waals surface area contributed by atoms with Gasteiger partial charge in [-0.05, 0) is 25.7 Å². The molecule has 1 aliphatic carbocycles. The third-order valence-electron chi connectivity index (χ3n) is 4.36. The molecule has 1 fully saturated rings. The maximum absolute atomic E-state index is 13.6. The van der Waals surface area contributed by atoms with Gasteiger partial charge in [-0.3, -0.25) is 0 Å². The van der Waals surface area contributed by atoms with Crippen LogP contribution in [-0.2, 0) is 0 Å². The van der Waals surface area contributed by atoms with E-state index in [0.29, 0.717) is 0 Å². The Labute approximate surface area is 137 Å². The molecule has 1 saturated carbocycles. The molecule has 1 aliphatic rings. The summed E-state index contributed by atoms with van der Waals surface area (Å²) in [6.07, 6.45) is -29.3. The predicted molar refractivity (Wildman–Crippen MR) is 60.2 cm³/mol. The van der Waals surface area contributed by atoms with Gasteiger partial charge in [0.25, 0.3) is 12.3 Å². The van der Waals surface area contributed by atoms with Crippen LogP contribution in [0.15, 0.2) is 0 Å². The summed E-state index contributed by atoms with van der Waals surface area (Å²) < 4.78 is 153. The van der Waals surface area contributed by atoms with Crippen molar-refractivity contribution < 1.29 is 62.9 Å². The maximum atomic E-state index is 13.6. The Bertz CT molecular complexity index is 457. The quantitative estimate of drug-likeness (QED) is 0.678. The average Bonchev–Trinajstić information content (AvgIpc) is 2.46. The van der Waals surface area contributed by atoms with Crippen molar-refractivity contribution in [2.24, 2.45) is 0 Å². The van der Waals surface area contributed by atoms with Crippen molar-refractivity contribution in [3.63, 3.8) is 0 Å². The molecule has 14 heteroatoms. The second-order valence-corrected chi connectivity index (χ2v) is 6.12. The van der Waals surface area contributed by atoms with Gasteiger partial charge in [0.2, 0.25) is 0 Å². The highest BCUT2D eigenvalue weighted by molar-refractivity contribution is 5.10. The van der Waals surface area contributed by atoms with Gasteiger partial charge in [0.1, 0.15) is 11.2 Å². The summed E-state index contributed by atoms with van der Waals surface area (Å²) in [6.45, 7) is 0. The summed E-state index contributed by atoms with van der Waals surface area (Å²) in [6, 6.07) is 0. The second kappa shape index (κ2) is 6.31. The van der Waals surface area contributed by atoms with E-state index in [0.717, 1.165) is 0 Å². The van der Waals surface area contributed by atoms with Crippen LogP contribution in [0.2, 0.25) is 0 Å². The van der Waals surface area contributed by atoms with Crippen LogP contribution >= 0.6 is 0 Å². The predicted octanol–water partition coefficient (Wildman–Crippen LogP) is 4.09. The average molecular weight is 416 g/mol. The highest BCUT2D eigenvalue weighted by Crippen LogP contribution is 2.54. The molecular formula is C12H12F12O2. The molecule has 0 radical (unpaired) electrons. The van der Waals surface area contributed by atoms with E-state index in [4.69, 9.17) is 0 Å². The molecule has 0 aromatic heterocycles. The second-order valence-electron chi connectivity index (χ2n) is 6.12. The van der Waals surface area contributed by atoms with Crippen molar-refractivity contribution >= 4 is 0 Å². The van der Waals surface area contributed by atoms with Crippen LogP contribution in [0, 0.1) is 0 Å². The summed E-state index contributed by atoms with van der Waals surface area (Å²) in [5, 5.41) is 19.1. The Balaban J connectivity index is 3.07. The van der Waals surface area contributed by atoms with Gasteiger partial charge in [0.05, 0.1) is 0 Å². The van der Waals surface area contributed by atoms with Crippen molar-refractivity contribution in [2.75, 3.05) is 0 Å². The molecule has 0 saturated heterocycles. The smallest absolute Gasteiger partial charge is 0.383 e. The molecule has 2 unspecified atom stereocenters. The van der Waals surface area contributed by atoms with Gasteiger partial charge in [-0.1, -0.05) is 0 Å². The van der Waals surface area contributed by atoms with Crippen LogP contribution in [0.4, 0.5) is 52.7 Å². The normalized spacial score (nSPS) is 31.6. The lowest BCUT2D eigenvalue weighted by Crippen LogP contribution is -2.65. The first-order valence-electron chi connectivity index (χ1n) is 6.84. The van der Waals surface area contributed by atoms with Crippen molar-refractivity contribution in [2.45, 2.75) is 73.4 Å². The number of aliphatic hydroxyl groups is 2. The Hall–Kier alpha value is -0.920. The molecule has 0 bridgehead atoms. The molecule has 156 valence electrons. The minimum Gasteiger partial charge on any atom is -0.383 e. The number of hydrogen-bond acceptors (Lipinski definition) is 2. The molecule has 0 aliphatic heterocycles. The standard InChI is InChI=1S/C12H12F12O2/c13-5(11(19,20)21)9(15,16)7(25)1-2-8(26,4-3-7)10(17,18)6(14)12(22,23)24/h5-6,25-26H,1-4H2. The molecule has 0 aromatic rings. The van der Waals surface area contributed by atoms with Crippen molar-refractivity contribution in [3.05, 3.63) is 0 Å². The van der Waals surface area contributed by atoms with E-state index in [1.807, 2.05) is 0 Å². The molecule has 0 spiro atoms. The Kier molecular flexibility index (Phi) is 5.61. The summed E-state index contributed by atoms with van der Waals surface area (Å²) in [5.74, 6) is -11.1. The van der Waals surface area contributed by atoms with Gasteiger partial charge in [0, 0.05) is 0 Å². The lowest BCUT2D eigenvalue weighted by molar-refractivity contribution is -0.326. The number of halogens is 12. The van der Waals surface area contributed by atoms with Crippen LogP contribution in [0.3, 0.4) is 0 Å². The topological polar surface area (TPSA) is 40.5 Å². The highest BCUT2D eigenvalue weighted by Gasteiger charge is 2.72. The molecule has 26 heavy (non-hydrogen) atoms. The van der Waals surface area contributed by atoms with E-state index < -0.39 is 73.4 Å². The Morgan fingerprint density at radius 1 is 0.538 bits per heavy atom. The summed E-state index contributed by atoms with van der Waals surface area (Å²) in [5.41, 5.74) is -7.76. The Morgan fingerprint density at radius 3 is 0.885 bits per heavy atom. The minimum absolute atomic E-state index is 1.83. The highest BCUT2D eigenvalue weighted by atomic mass is 19.4. The van der Waals surface area contributed by atoms with Crippen LogP contribution in [0.1, 0.15) is 25.7 Å². The van der Waals surface area contributed by atoms with Gasteiger partial charge < -0.3 is 10.2 Å². The van der Waals surface area contributed by atoms with E-state index in [-0.39, 0.29) is 0 Å². The minimum atomic E-state index is -6.13. The Morgan fingerprint density at radius 2 is 0.731 bits per heavy atom. The van der Waals surface area contributed by atoms with Crippen molar-refractivity contribution in [1.82, 2.24) is 0 Å². The van der Waals surface area contributed by atoms with Gasteiger partial charge in [0.15, 0.2) is 0 Å². The van der Waals surface area contributed by atoms with Crippen molar-refractivity contribution in [1.29, 1.82) is 0 Å². The molecule has 2 nitrogen and oxygen atoms in total. The lowest BCUT2D eigenvalue weighted by atomic mass is 9.69. The monoisotopic (exact) mass is 416 g/mol. The molecule has 0 aromatic carbocycles. The van der Waals surface area contributed by atoms with Gasteiger partial charge >= 0.3 is 24.2 Å². The van der Waals surface area contributed by atoms with E-state index in [2.05, 4.69) is 0 Å². The fourth-order valence-electron chi connectivity index (χ4n) is 2.63. The van der Waals surface area contributed by atoms with Crippen LogP contribution in [-0.4, -0.2) is 58.0 Å². The first-order valence-corrected chi connectivity index (χ1v) is 6.84. The zero-order chi connectivity index (χ0) is 21.0. The van der Waals surface area contributed by atoms with Crippen LogP contribution < -0.4 is 0 Å². The molecule has 1 rings (SSSR count). The molecule has 2 N–H and O–H groups in total. The number of rotatable bonds is 4. The fourth-order valence-corrected chi connectivity index (χ4v) is 2.63. The van der Waals surface area contributed by atoms with Gasteiger partial charge in [-0.2, -0.15) is 43.9 Å². The SMILES string of the molecule is OC1(C(F)(F)C(F)C(F)(F)F)CCC(O)(C(F)(F)C(F)C(F)(F)F)CC1. The summed E-state index contributed by atoms with van der Waals surface area (Å²) >= 11 is 0. The van der Waals surface area contributed by atoms with Gasteiger partial charge in [-0.15, -0.1) is 0 Å². The maximum Gasteiger partial charge on any atom is 0.425 e. The molecular weight excluding hydrogens is 404 g/mol. The van der Waals surface area contributed by atoms with E-state index in [9.17, 15) is 62.9 Å². The van der Waals surface area contributed by atoms with E-state index >= 15 is 0 Å². The van der Waals surface area contributed by atoms with E-state index in [1.165, 1.54) is 0 Å². The molecule has 0 heterocycles.